The Labute approximate surface area is 252 Å². The van der Waals surface area contributed by atoms with Gasteiger partial charge in [-0.25, -0.2) is 9.78 Å². The van der Waals surface area contributed by atoms with Crippen molar-refractivity contribution < 1.29 is 14.3 Å². The molecule has 0 spiro atoms. The molecule has 41 heavy (non-hydrogen) atoms. The Bertz CT molecular complexity index is 1420. The van der Waals surface area contributed by atoms with E-state index in [1.54, 1.807) is 12.1 Å². The molecule has 1 aliphatic rings. The third kappa shape index (κ3) is 7.46. The van der Waals surface area contributed by atoms with E-state index >= 15 is 0 Å². The smallest absolute Gasteiger partial charge is 0.407 e. The number of imidazole rings is 1. The molecule has 0 saturated carbocycles. The van der Waals surface area contributed by atoms with E-state index in [1.165, 1.54) is 0 Å². The van der Waals surface area contributed by atoms with E-state index in [9.17, 15) is 9.59 Å². The van der Waals surface area contributed by atoms with Crippen LogP contribution in [0.3, 0.4) is 0 Å². The molecule has 2 aromatic carbocycles. The summed E-state index contributed by atoms with van der Waals surface area (Å²) in [7, 11) is 1.97. The Balaban J connectivity index is 1.66. The lowest BCUT2D eigenvalue weighted by Gasteiger charge is -2.33. The van der Waals surface area contributed by atoms with Gasteiger partial charge in [-0.2, -0.15) is 0 Å². The fourth-order valence-corrected chi connectivity index (χ4v) is 5.62. The fourth-order valence-electron chi connectivity index (χ4n) is 5.05. The Morgan fingerprint density at radius 3 is 2.49 bits per heavy atom. The van der Waals surface area contributed by atoms with Crippen molar-refractivity contribution in [3.8, 4) is 0 Å². The van der Waals surface area contributed by atoms with Gasteiger partial charge in [-0.3, -0.25) is 4.79 Å². The predicted octanol–water partition coefficient (Wildman–Crippen LogP) is 6.87. The molecular formula is C31H41Cl2N5O3. The summed E-state index contributed by atoms with van der Waals surface area (Å²) in [4.78, 5) is 32.6. The minimum atomic E-state index is -0.595. The van der Waals surface area contributed by atoms with E-state index in [0.717, 1.165) is 66.0 Å². The molecule has 0 unspecified atom stereocenters. The SMILES string of the molecule is CCCNC(=O)c1cc2nc(Cc3c(Cl)ccc(CNC(=O)OC(C)(C)C)c3Cl)n(C)c2cc1N1CCC(C)CC1. The number of fused-ring (bicyclic) bond motifs is 1. The monoisotopic (exact) mass is 601 g/mol. The highest BCUT2D eigenvalue weighted by atomic mass is 35.5. The molecule has 2 amide bonds. The molecule has 0 radical (unpaired) electrons. The first kappa shape index (κ1) is 31.0. The van der Waals surface area contributed by atoms with Gasteiger partial charge in [-0.15, -0.1) is 0 Å². The van der Waals surface area contributed by atoms with E-state index in [0.29, 0.717) is 34.5 Å². The number of aryl methyl sites for hydroxylation is 1. The van der Waals surface area contributed by atoms with Crippen molar-refractivity contribution in [1.29, 1.82) is 0 Å². The maximum Gasteiger partial charge on any atom is 0.407 e. The van der Waals surface area contributed by atoms with Gasteiger partial charge >= 0.3 is 6.09 Å². The second-order valence-electron chi connectivity index (χ2n) is 11.9. The van der Waals surface area contributed by atoms with E-state index in [4.69, 9.17) is 32.9 Å². The van der Waals surface area contributed by atoms with Crippen molar-refractivity contribution >= 4 is 51.9 Å². The predicted molar refractivity (Wildman–Crippen MR) is 166 cm³/mol. The van der Waals surface area contributed by atoms with Crippen LogP contribution >= 0.6 is 23.2 Å². The van der Waals surface area contributed by atoms with Gasteiger partial charge in [0.1, 0.15) is 11.4 Å². The van der Waals surface area contributed by atoms with Gasteiger partial charge in [0.2, 0.25) is 0 Å². The number of hydrogen-bond acceptors (Lipinski definition) is 5. The van der Waals surface area contributed by atoms with Crippen molar-refractivity contribution in [2.75, 3.05) is 24.5 Å². The third-order valence-corrected chi connectivity index (χ3v) is 8.24. The number of benzene rings is 2. The molecule has 0 aliphatic carbocycles. The minimum absolute atomic E-state index is 0.0779. The van der Waals surface area contributed by atoms with Crippen LogP contribution in [0.5, 0.6) is 0 Å². The molecule has 0 bridgehead atoms. The number of carbonyl (C=O) groups is 2. The number of amides is 2. The molecule has 1 aromatic heterocycles. The Hall–Kier alpha value is -2.97. The van der Waals surface area contributed by atoms with Crippen LogP contribution in [0.4, 0.5) is 10.5 Å². The molecule has 4 rings (SSSR count). The second kappa shape index (κ2) is 12.9. The van der Waals surface area contributed by atoms with Crippen LogP contribution in [0.15, 0.2) is 24.3 Å². The lowest BCUT2D eigenvalue weighted by atomic mass is 9.97. The van der Waals surface area contributed by atoms with Gasteiger partial charge in [-0.05, 0) is 75.3 Å². The fraction of sp³-hybridized carbons (Fsp3) is 0.516. The first-order valence-electron chi connectivity index (χ1n) is 14.3. The molecule has 8 nitrogen and oxygen atoms in total. The lowest BCUT2D eigenvalue weighted by molar-refractivity contribution is 0.0523. The van der Waals surface area contributed by atoms with Crippen molar-refractivity contribution in [2.45, 2.75) is 72.4 Å². The summed E-state index contributed by atoms with van der Waals surface area (Å²) in [6.45, 7) is 12.4. The van der Waals surface area contributed by atoms with Crippen molar-refractivity contribution in [1.82, 2.24) is 20.2 Å². The summed E-state index contributed by atoms with van der Waals surface area (Å²) in [6.07, 6.45) is 2.93. The van der Waals surface area contributed by atoms with Gasteiger partial charge in [-0.1, -0.05) is 43.1 Å². The van der Waals surface area contributed by atoms with Crippen LogP contribution in [0, 0.1) is 5.92 Å². The molecule has 3 aromatic rings. The number of nitrogens with one attached hydrogen (secondary N) is 2. The number of nitrogens with zero attached hydrogens (tertiary/aromatic N) is 3. The van der Waals surface area contributed by atoms with E-state index in [2.05, 4.69) is 28.5 Å². The minimum Gasteiger partial charge on any atom is -0.444 e. The number of piperidine rings is 1. The van der Waals surface area contributed by atoms with Crippen LogP contribution in [-0.4, -0.2) is 46.8 Å². The topological polar surface area (TPSA) is 88.5 Å². The quantitative estimate of drug-likeness (QED) is 0.294. The zero-order valence-electron chi connectivity index (χ0n) is 24.9. The number of aromatic nitrogens is 2. The highest BCUT2D eigenvalue weighted by molar-refractivity contribution is 6.36. The van der Waals surface area contributed by atoms with Crippen LogP contribution < -0.4 is 15.5 Å². The van der Waals surface area contributed by atoms with Crippen LogP contribution in [0.25, 0.3) is 11.0 Å². The molecule has 2 heterocycles. The summed E-state index contributed by atoms with van der Waals surface area (Å²) < 4.78 is 7.38. The summed E-state index contributed by atoms with van der Waals surface area (Å²) in [5.41, 5.74) is 4.13. The van der Waals surface area contributed by atoms with Crippen molar-refractivity contribution in [2.24, 2.45) is 13.0 Å². The Morgan fingerprint density at radius 2 is 1.83 bits per heavy atom. The largest absolute Gasteiger partial charge is 0.444 e. The van der Waals surface area contributed by atoms with E-state index in [1.807, 2.05) is 45.4 Å². The molecular weight excluding hydrogens is 561 g/mol. The van der Waals surface area contributed by atoms with Gasteiger partial charge in [0.15, 0.2) is 0 Å². The standard InChI is InChI=1S/C31H41Cl2N5O3/c1-7-12-34-29(39)22-15-24-26(17-25(22)38-13-10-19(2)11-14-38)37(6)27(36-24)16-21-23(32)9-8-20(28(21)33)18-35-30(40)41-31(3,4)5/h8-9,15,17,19H,7,10-14,16,18H2,1-6H3,(H,34,39)(H,35,40). The molecule has 0 atom stereocenters. The van der Waals surface area contributed by atoms with Gasteiger partial charge < -0.3 is 24.8 Å². The van der Waals surface area contributed by atoms with Crippen LogP contribution in [-0.2, 0) is 24.8 Å². The van der Waals surface area contributed by atoms with Crippen LogP contribution in [0.1, 0.15) is 81.2 Å². The zero-order valence-corrected chi connectivity index (χ0v) is 26.4. The number of anilines is 1. The average Bonchev–Trinajstić information content (AvgIpc) is 3.22. The van der Waals surface area contributed by atoms with Crippen molar-refractivity contribution in [3.05, 3.63) is 56.8 Å². The number of hydrogen-bond donors (Lipinski definition) is 2. The van der Waals surface area contributed by atoms with Gasteiger partial charge in [0.25, 0.3) is 5.91 Å². The third-order valence-electron chi connectivity index (χ3n) is 7.42. The summed E-state index contributed by atoms with van der Waals surface area (Å²) in [5.74, 6) is 1.37. The second-order valence-corrected chi connectivity index (χ2v) is 12.7. The Morgan fingerprint density at radius 1 is 1.12 bits per heavy atom. The van der Waals surface area contributed by atoms with Gasteiger partial charge in [0, 0.05) is 44.7 Å². The number of rotatable bonds is 8. The highest BCUT2D eigenvalue weighted by Gasteiger charge is 2.24. The van der Waals surface area contributed by atoms with Crippen molar-refractivity contribution in [3.63, 3.8) is 0 Å². The number of carbonyl (C=O) groups excluding carboxylic acids is 2. The number of ether oxygens (including phenoxy) is 1. The maximum absolute atomic E-state index is 13.2. The number of alkyl carbamates (subject to hydrolysis) is 1. The lowest BCUT2D eigenvalue weighted by Crippen LogP contribution is -2.35. The first-order valence-corrected chi connectivity index (χ1v) is 15.1. The zero-order chi connectivity index (χ0) is 29.9. The van der Waals surface area contributed by atoms with E-state index < -0.39 is 11.7 Å². The van der Waals surface area contributed by atoms with Gasteiger partial charge in [0.05, 0.1) is 27.3 Å². The molecule has 1 saturated heterocycles. The molecule has 10 heteroatoms. The molecule has 1 aliphatic heterocycles. The van der Waals surface area contributed by atoms with E-state index in [-0.39, 0.29) is 12.5 Å². The average molecular weight is 603 g/mol. The maximum atomic E-state index is 13.2. The summed E-state index contributed by atoms with van der Waals surface area (Å²) >= 11 is 13.4. The molecule has 2 N–H and O–H groups in total. The molecule has 222 valence electrons. The van der Waals surface area contributed by atoms with Crippen LogP contribution in [0.2, 0.25) is 10.0 Å². The Kier molecular flexibility index (Phi) is 9.75. The first-order chi connectivity index (χ1) is 19.4. The summed E-state index contributed by atoms with van der Waals surface area (Å²) in [5, 5.41) is 6.80. The molecule has 1 fully saturated rings. The normalized spacial score (nSPS) is 14.4. The number of halogens is 2. The summed E-state index contributed by atoms with van der Waals surface area (Å²) in [6, 6.07) is 7.57. The highest BCUT2D eigenvalue weighted by Crippen LogP contribution is 2.34.